The zero-order valence-electron chi connectivity index (χ0n) is 10.9. The summed E-state index contributed by atoms with van der Waals surface area (Å²) in [5.74, 6) is 0. The largest absolute Gasteiger partial charge is 0.298 e. The Balaban J connectivity index is 2.37. The number of aromatic nitrogens is 2. The molecule has 0 saturated carbocycles. The molecule has 1 aromatic heterocycles. The fourth-order valence-electron chi connectivity index (χ4n) is 1.97. The van der Waals surface area contributed by atoms with E-state index in [1.165, 1.54) is 5.56 Å². The van der Waals surface area contributed by atoms with Crippen LogP contribution in [-0.4, -0.2) is 16.1 Å². The molecular weight excluding hydrogens is 224 g/mol. The number of carbonyl (C=O) groups is 1. The number of nitrogens with zero attached hydrogens (tertiary/aromatic N) is 2. The lowest BCUT2D eigenvalue weighted by atomic mass is 10.1. The molecule has 0 bridgehead atoms. The molecule has 0 radical (unpaired) electrons. The van der Waals surface area contributed by atoms with Crippen molar-refractivity contribution >= 4 is 6.29 Å². The second-order valence-electron chi connectivity index (χ2n) is 4.54. The minimum atomic E-state index is 0.664. The molecule has 2 aromatic rings. The molecular formula is C15H18N2O. The Bertz CT molecular complexity index is 543. The fraction of sp³-hybridized carbons (Fsp3) is 0.333. The molecule has 3 nitrogen and oxygen atoms in total. The van der Waals surface area contributed by atoms with E-state index in [1.54, 1.807) is 0 Å². The number of hydrogen-bond acceptors (Lipinski definition) is 2. The first-order valence-electron chi connectivity index (χ1n) is 6.34. The molecule has 0 amide bonds. The van der Waals surface area contributed by atoms with Gasteiger partial charge in [-0.2, -0.15) is 5.10 Å². The van der Waals surface area contributed by atoms with Gasteiger partial charge in [-0.25, -0.2) is 0 Å². The first-order valence-corrected chi connectivity index (χ1v) is 6.34. The predicted molar refractivity (Wildman–Crippen MR) is 72.7 cm³/mol. The molecule has 1 aromatic carbocycles. The number of unbranched alkanes of at least 4 members (excludes halogenated alkanes) is 1. The van der Waals surface area contributed by atoms with Gasteiger partial charge in [0.1, 0.15) is 5.69 Å². The average Bonchev–Trinajstić information content (AvgIpc) is 2.79. The summed E-state index contributed by atoms with van der Waals surface area (Å²) < 4.78 is 1.87. The van der Waals surface area contributed by atoms with Crippen LogP contribution in [0.25, 0.3) is 11.3 Å². The lowest BCUT2D eigenvalue weighted by Crippen LogP contribution is -1.97. The summed E-state index contributed by atoms with van der Waals surface area (Å²) in [6.07, 6.45) is 4.91. The van der Waals surface area contributed by atoms with Gasteiger partial charge in [0.05, 0.1) is 5.56 Å². The maximum Gasteiger partial charge on any atom is 0.153 e. The van der Waals surface area contributed by atoms with Gasteiger partial charge >= 0.3 is 0 Å². The SMILES string of the molecule is CCCCn1cc(C=O)c(-c2cccc(C)c2)n1. The van der Waals surface area contributed by atoms with E-state index in [0.29, 0.717) is 5.56 Å². The van der Waals surface area contributed by atoms with Gasteiger partial charge in [0.25, 0.3) is 0 Å². The molecule has 0 spiro atoms. The highest BCUT2D eigenvalue weighted by Crippen LogP contribution is 2.22. The number of aryl methyl sites for hydroxylation is 2. The second-order valence-corrected chi connectivity index (χ2v) is 4.54. The Kier molecular flexibility index (Phi) is 3.92. The van der Waals surface area contributed by atoms with Crippen molar-refractivity contribution in [3.8, 4) is 11.3 Å². The number of hydrogen-bond donors (Lipinski definition) is 0. The third-order valence-electron chi connectivity index (χ3n) is 2.95. The summed E-state index contributed by atoms with van der Waals surface area (Å²) in [5, 5.41) is 4.52. The van der Waals surface area contributed by atoms with Gasteiger partial charge in [0.2, 0.25) is 0 Å². The average molecular weight is 242 g/mol. The summed E-state index contributed by atoms with van der Waals surface area (Å²) in [6.45, 7) is 5.05. The van der Waals surface area contributed by atoms with Crippen LogP contribution in [0.5, 0.6) is 0 Å². The van der Waals surface area contributed by atoms with E-state index in [1.807, 2.05) is 36.0 Å². The van der Waals surface area contributed by atoms with E-state index in [-0.39, 0.29) is 0 Å². The Labute approximate surface area is 107 Å². The lowest BCUT2D eigenvalue weighted by Gasteiger charge is -2.00. The van der Waals surface area contributed by atoms with Gasteiger partial charge in [-0.05, 0) is 19.4 Å². The topological polar surface area (TPSA) is 34.9 Å². The van der Waals surface area contributed by atoms with Crippen LogP contribution in [0.1, 0.15) is 35.7 Å². The van der Waals surface area contributed by atoms with Crippen LogP contribution in [0.15, 0.2) is 30.5 Å². The molecule has 0 aliphatic heterocycles. The van der Waals surface area contributed by atoms with Gasteiger partial charge in [-0.3, -0.25) is 9.48 Å². The van der Waals surface area contributed by atoms with Crippen molar-refractivity contribution in [1.82, 2.24) is 9.78 Å². The van der Waals surface area contributed by atoms with E-state index < -0.39 is 0 Å². The van der Waals surface area contributed by atoms with Crippen molar-refractivity contribution < 1.29 is 4.79 Å². The first kappa shape index (κ1) is 12.6. The predicted octanol–water partition coefficient (Wildman–Crippen LogP) is 3.47. The van der Waals surface area contributed by atoms with Crippen molar-refractivity contribution in [2.24, 2.45) is 0 Å². The van der Waals surface area contributed by atoms with Crippen LogP contribution in [-0.2, 0) is 6.54 Å². The molecule has 0 fully saturated rings. The molecule has 2 rings (SSSR count). The highest BCUT2D eigenvalue weighted by molar-refractivity contribution is 5.85. The normalized spacial score (nSPS) is 10.6. The lowest BCUT2D eigenvalue weighted by molar-refractivity contribution is 0.112. The highest BCUT2D eigenvalue weighted by atomic mass is 16.1. The number of benzene rings is 1. The van der Waals surface area contributed by atoms with Crippen LogP contribution in [0.3, 0.4) is 0 Å². The van der Waals surface area contributed by atoms with Crippen molar-refractivity contribution in [3.63, 3.8) is 0 Å². The van der Waals surface area contributed by atoms with E-state index in [4.69, 9.17) is 0 Å². The molecule has 18 heavy (non-hydrogen) atoms. The molecule has 1 heterocycles. The Morgan fingerprint density at radius 1 is 1.39 bits per heavy atom. The van der Waals surface area contributed by atoms with Gasteiger partial charge < -0.3 is 0 Å². The van der Waals surface area contributed by atoms with E-state index in [9.17, 15) is 4.79 Å². The summed E-state index contributed by atoms with van der Waals surface area (Å²) in [6, 6.07) is 8.08. The van der Waals surface area contributed by atoms with E-state index in [2.05, 4.69) is 18.1 Å². The van der Waals surface area contributed by atoms with Gasteiger partial charge in [-0.1, -0.05) is 37.1 Å². The third-order valence-corrected chi connectivity index (χ3v) is 2.95. The maximum absolute atomic E-state index is 11.1. The molecule has 0 N–H and O–H groups in total. The standard InChI is InChI=1S/C15H18N2O/c1-3-4-8-17-10-14(11-18)15(16-17)13-7-5-6-12(2)9-13/h5-7,9-11H,3-4,8H2,1-2H3. The zero-order chi connectivity index (χ0) is 13.0. The Morgan fingerprint density at radius 2 is 2.22 bits per heavy atom. The van der Waals surface area contributed by atoms with Crippen molar-refractivity contribution in [1.29, 1.82) is 0 Å². The van der Waals surface area contributed by atoms with Crippen molar-refractivity contribution in [2.75, 3.05) is 0 Å². The molecule has 0 unspecified atom stereocenters. The summed E-state index contributed by atoms with van der Waals surface area (Å²) in [4.78, 5) is 11.1. The third kappa shape index (κ3) is 2.67. The summed E-state index contributed by atoms with van der Waals surface area (Å²) in [7, 11) is 0. The summed E-state index contributed by atoms with van der Waals surface area (Å²) >= 11 is 0. The van der Waals surface area contributed by atoms with Crippen LogP contribution in [0.4, 0.5) is 0 Å². The highest BCUT2D eigenvalue weighted by Gasteiger charge is 2.10. The first-order chi connectivity index (χ1) is 8.74. The molecule has 94 valence electrons. The zero-order valence-corrected chi connectivity index (χ0v) is 10.9. The maximum atomic E-state index is 11.1. The molecule has 0 aliphatic rings. The van der Waals surface area contributed by atoms with E-state index in [0.717, 1.165) is 36.9 Å². The minimum absolute atomic E-state index is 0.664. The summed E-state index contributed by atoms with van der Waals surface area (Å²) in [5.41, 5.74) is 3.63. The van der Waals surface area contributed by atoms with Crippen LogP contribution >= 0.6 is 0 Å². The van der Waals surface area contributed by atoms with Crippen LogP contribution in [0.2, 0.25) is 0 Å². The van der Waals surface area contributed by atoms with Crippen molar-refractivity contribution in [2.45, 2.75) is 33.2 Å². The fourth-order valence-corrected chi connectivity index (χ4v) is 1.97. The molecule has 0 atom stereocenters. The Hall–Kier alpha value is -1.90. The number of rotatable bonds is 5. The quantitative estimate of drug-likeness (QED) is 0.752. The molecule has 0 saturated heterocycles. The van der Waals surface area contributed by atoms with Crippen LogP contribution < -0.4 is 0 Å². The molecule has 3 heteroatoms. The smallest absolute Gasteiger partial charge is 0.153 e. The van der Waals surface area contributed by atoms with Gasteiger partial charge in [-0.15, -0.1) is 0 Å². The monoisotopic (exact) mass is 242 g/mol. The van der Waals surface area contributed by atoms with Gasteiger partial charge in [0, 0.05) is 18.3 Å². The van der Waals surface area contributed by atoms with Crippen LogP contribution in [0, 0.1) is 6.92 Å². The Morgan fingerprint density at radius 3 is 2.89 bits per heavy atom. The molecule has 0 aliphatic carbocycles. The second kappa shape index (κ2) is 5.63. The number of aldehydes is 1. The van der Waals surface area contributed by atoms with Gasteiger partial charge in [0.15, 0.2) is 6.29 Å². The van der Waals surface area contributed by atoms with Crippen molar-refractivity contribution in [3.05, 3.63) is 41.6 Å². The van der Waals surface area contributed by atoms with E-state index >= 15 is 0 Å². The minimum Gasteiger partial charge on any atom is -0.298 e. The number of carbonyl (C=O) groups excluding carboxylic acids is 1.